The lowest BCUT2D eigenvalue weighted by molar-refractivity contribution is -0.144. The molecule has 1 aliphatic rings. The summed E-state index contributed by atoms with van der Waals surface area (Å²) in [5.41, 5.74) is 0.0668. The Bertz CT molecular complexity index is 816. The van der Waals surface area contributed by atoms with Crippen LogP contribution in [0, 0.1) is 11.8 Å². The minimum Gasteiger partial charge on any atom is -0.374 e. The zero-order chi connectivity index (χ0) is 17.4. The first-order chi connectivity index (χ1) is 11.3. The number of likely N-dealkylation sites (tertiary alicyclic amines) is 1. The quantitative estimate of drug-likeness (QED) is 0.821. The van der Waals surface area contributed by atoms with E-state index in [1.54, 1.807) is 30.3 Å². The summed E-state index contributed by atoms with van der Waals surface area (Å²) in [4.78, 5) is 18.3. The molecule has 0 spiro atoms. The van der Waals surface area contributed by atoms with Crippen molar-refractivity contribution >= 4 is 5.91 Å². The van der Waals surface area contributed by atoms with Gasteiger partial charge in [0.1, 0.15) is 0 Å². The SMILES string of the molecule is CN1C(=O)[C@@](O)(c2ccc(C#Cc3ccccc3)cn2)CC1(C)C. The number of amides is 1. The fraction of sp³-hybridized carbons (Fsp3) is 0.300. The van der Waals surface area contributed by atoms with Crippen molar-refractivity contribution in [2.75, 3.05) is 7.05 Å². The zero-order valence-electron chi connectivity index (χ0n) is 14.1. The van der Waals surface area contributed by atoms with Gasteiger partial charge in [0.15, 0.2) is 5.60 Å². The molecule has 122 valence electrons. The standard InChI is InChI=1S/C20H20N2O2/c1-19(2)14-20(24,18(23)22(19)3)17-12-11-16(13-21-17)10-9-15-7-5-4-6-8-15/h4-8,11-13,24H,14H2,1-3H3/t20-/m0/s1. The second-order valence-electron chi connectivity index (χ2n) is 6.76. The average molecular weight is 320 g/mol. The van der Waals surface area contributed by atoms with E-state index in [1.807, 2.05) is 44.2 Å². The lowest BCUT2D eigenvalue weighted by atomic mass is 9.89. The van der Waals surface area contributed by atoms with Crippen LogP contribution in [-0.4, -0.2) is 33.5 Å². The highest BCUT2D eigenvalue weighted by Crippen LogP contribution is 2.41. The van der Waals surface area contributed by atoms with Gasteiger partial charge in [-0.3, -0.25) is 9.78 Å². The van der Waals surface area contributed by atoms with Crippen LogP contribution in [0.2, 0.25) is 0 Å². The van der Waals surface area contributed by atoms with E-state index in [0.717, 1.165) is 11.1 Å². The van der Waals surface area contributed by atoms with Gasteiger partial charge in [0.25, 0.3) is 5.91 Å². The van der Waals surface area contributed by atoms with Crippen LogP contribution in [0.5, 0.6) is 0 Å². The molecule has 0 aliphatic carbocycles. The number of carbonyl (C=O) groups excluding carboxylic acids is 1. The normalized spacial score (nSPS) is 22.2. The minimum atomic E-state index is -1.57. The maximum Gasteiger partial charge on any atom is 0.261 e. The lowest BCUT2D eigenvalue weighted by Crippen LogP contribution is -2.39. The van der Waals surface area contributed by atoms with Gasteiger partial charge in [0.2, 0.25) is 0 Å². The van der Waals surface area contributed by atoms with E-state index in [2.05, 4.69) is 16.8 Å². The van der Waals surface area contributed by atoms with Crippen molar-refractivity contribution in [3.05, 3.63) is 65.5 Å². The van der Waals surface area contributed by atoms with Crippen molar-refractivity contribution in [1.82, 2.24) is 9.88 Å². The van der Waals surface area contributed by atoms with Crippen molar-refractivity contribution in [1.29, 1.82) is 0 Å². The second-order valence-corrected chi connectivity index (χ2v) is 6.76. The molecule has 0 radical (unpaired) electrons. The van der Waals surface area contributed by atoms with Gasteiger partial charge in [-0.15, -0.1) is 0 Å². The monoisotopic (exact) mass is 320 g/mol. The Morgan fingerprint density at radius 3 is 2.29 bits per heavy atom. The third-order valence-corrected chi connectivity index (χ3v) is 4.57. The molecular weight excluding hydrogens is 300 g/mol. The molecule has 1 N–H and O–H groups in total. The smallest absolute Gasteiger partial charge is 0.261 e. The summed E-state index contributed by atoms with van der Waals surface area (Å²) < 4.78 is 0. The van der Waals surface area contributed by atoms with E-state index in [4.69, 9.17) is 0 Å². The minimum absolute atomic E-state index is 0.317. The number of aromatic nitrogens is 1. The largest absolute Gasteiger partial charge is 0.374 e. The molecule has 4 nitrogen and oxygen atoms in total. The number of aliphatic hydroxyl groups is 1. The number of pyridine rings is 1. The Labute approximate surface area is 142 Å². The van der Waals surface area contributed by atoms with Crippen LogP contribution in [0.1, 0.15) is 37.1 Å². The molecule has 24 heavy (non-hydrogen) atoms. The van der Waals surface area contributed by atoms with Crippen LogP contribution in [0.3, 0.4) is 0 Å². The van der Waals surface area contributed by atoms with Gasteiger partial charge >= 0.3 is 0 Å². The van der Waals surface area contributed by atoms with Crippen molar-refractivity contribution < 1.29 is 9.90 Å². The molecule has 3 rings (SSSR count). The van der Waals surface area contributed by atoms with Crippen molar-refractivity contribution in [2.24, 2.45) is 0 Å². The molecule has 2 heterocycles. The van der Waals surface area contributed by atoms with Gasteiger partial charge < -0.3 is 10.0 Å². The Kier molecular flexibility index (Phi) is 3.90. The Hall–Kier alpha value is -2.64. The van der Waals surface area contributed by atoms with Crippen LogP contribution in [-0.2, 0) is 10.4 Å². The maximum absolute atomic E-state index is 12.4. The van der Waals surface area contributed by atoms with Gasteiger partial charge in [-0.1, -0.05) is 30.0 Å². The first-order valence-corrected chi connectivity index (χ1v) is 7.87. The van der Waals surface area contributed by atoms with Gasteiger partial charge in [-0.25, -0.2) is 0 Å². The number of hydrogen-bond acceptors (Lipinski definition) is 3. The van der Waals surface area contributed by atoms with Crippen LogP contribution in [0.25, 0.3) is 0 Å². The van der Waals surface area contributed by atoms with E-state index >= 15 is 0 Å². The summed E-state index contributed by atoms with van der Waals surface area (Å²) in [5, 5.41) is 10.8. The molecule has 1 atom stereocenters. The molecule has 1 fully saturated rings. The van der Waals surface area contributed by atoms with Crippen LogP contribution < -0.4 is 0 Å². The van der Waals surface area contributed by atoms with Crippen molar-refractivity contribution in [3.63, 3.8) is 0 Å². The summed E-state index contributed by atoms with van der Waals surface area (Å²) in [6.07, 6.45) is 1.92. The highest BCUT2D eigenvalue weighted by molar-refractivity contribution is 5.89. The highest BCUT2D eigenvalue weighted by Gasteiger charge is 2.54. The number of nitrogens with zero attached hydrogens (tertiary/aromatic N) is 2. The maximum atomic E-state index is 12.4. The van der Waals surface area contributed by atoms with Crippen LogP contribution >= 0.6 is 0 Å². The van der Waals surface area contributed by atoms with Crippen molar-refractivity contribution in [3.8, 4) is 11.8 Å². The predicted octanol–water partition coefficient (Wildman–Crippen LogP) is 2.31. The third-order valence-electron chi connectivity index (χ3n) is 4.57. The summed E-state index contributed by atoms with van der Waals surface area (Å²) in [6, 6.07) is 13.2. The topological polar surface area (TPSA) is 53.4 Å². The molecule has 0 unspecified atom stereocenters. The number of likely N-dealkylation sites (N-methyl/N-ethyl adjacent to an activating group) is 1. The molecule has 4 heteroatoms. The molecule has 0 bridgehead atoms. The molecule has 1 aromatic carbocycles. The van der Waals surface area contributed by atoms with Gasteiger partial charge in [-0.2, -0.15) is 0 Å². The van der Waals surface area contributed by atoms with Gasteiger partial charge in [0, 0.05) is 36.3 Å². The van der Waals surface area contributed by atoms with Gasteiger partial charge in [-0.05, 0) is 38.1 Å². The third kappa shape index (κ3) is 2.79. The fourth-order valence-electron chi connectivity index (χ4n) is 2.95. The molecular formula is C20H20N2O2. The first kappa shape index (κ1) is 16.2. The van der Waals surface area contributed by atoms with E-state index in [1.165, 1.54) is 0 Å². The number of benzene rings is 1. The summed E-state index contributed by atoms with van der Waals surface area (Å²) in [7, 11) is 1.71. The second kappa shape index (κ2) is 5.77. The number of rotatable bonds is 1. The van der Waals surface area contributed by atoms with Crippen LogP contribution in [0.4, 0.5) is 0 Å². The van der Waals surface area contributed by atoms with Gasteiger partial charge in [0.05, 0.1) is 5.69 Å². The fourth-order valence-corrected chi connectivity index (χ4v) is 2.95. The van der Waals surface area contributed by atoms with Crippen molar-refractivity contribution in [2.45, 2.75) is 31.4 Å². The van der Waals surface area contributed by atoms with E-state index in [-0.39, 0.29) is 5.91 Å². The molecule has 2 aromatic rings. The van der Waals surface area contributed by atoms with E-state index in [9.17, 15) is 9.90 Å². The summed E-state index contributed by atoms with van der Waals surface area (Å²) in [5.74, 6) is 5.78. The lowest BCUT2D eigenvalue weighted by Gasteiger charge is -2.26. The van der Waals surface area contributed by atoms with E-state index in [0.29, 0.717) is 12.1 Å². The Balaban J connectivity index is 1.86. The average Bonchev–Trinajstić information content (AvgIpc) is 2.74. The van der Waals surface area contributed by atoms with Crippen LogP contribution in [0.15, 0.2) is 48.7 Å². The molecule has 1 saturated heterocycles. The molecule has 1 aromatic heterocycles. The van der Waals surface area contributed by atoms with E-state index < -0.39 is 11.1 Å². The highest BCUT2D eigenvalue weighted by atomic mass is 16.3. The number of carbonyl (C=O) groups is 1. The molecule has 1 amide bonds. The summed E-state index contributed by atoms with van der Waals surface area (Å²) >= 11 is 0. The number of hydrogen-bond donors (Lipinski definition) is 1. The first-order valence-electron chi connectivity index (χ1n) is 7.87. The zero-order valence-corrected chi connectivity index (χ0v) is 14.1. The molecule has 0 saturated carbocycles. The Morgan fingerprint density at radius 2 is 1.75 bits per heavy atom. The molecule has 1 aliphatic heterocycles. The predicted molar refractivity (Wildman–Crippen MR) is 92.0 cm³/mol. The Morgan fingerprint density at radius 1 is 1.08 bits per heavy atom. The summed E-state index contributed by atoms with van der Waals surface area (Å²) in [6.45, 7) is 3.87.